The second kappa shape index (κ2) is 5.41. The second-order valence-corrected chi connectivity index (χ2v) is 2.94. The van der Waals surface area contributed by atoms with E-state index in [0.717, 1.165) is 25.2 Å². The van der Waals surface area contributed by atoms with Gasteiger partial charge in [0.1, 0.15) is 5.76 Å². The van der Waals surface area contributed by atoms with Crippen molar-refractivity contribution >= 4 is 0 Å². The van der Waals surface area contributed by atoms with Crippen molar-refractivity contribution in [3.8, 4) is 0 Å². The summed E-state index contributed by atoms with van der Waals surface area (Å²) < 4.78 is 5.54. The fourth-order valence-corrected chi connectivity index (χ4v) is 1.31. The molecule has 1 nitrogen and oxygen atoms in total. The minimum absolute atomic E-state index is 0.831. The van der Waals surface area contributed by atoms with Gasteiger partial charge < -0.3 is 4.74 Å². The molecule has 0 N–H and O–H groups in total. The fraction of sp³-hybridized carbons (Fsp3) is 0.333. The molecule has 1 aliphatic rings. The Morgan fingerprint density at radius 2 is 2.23 bits per heavy atom. The van der Waals surface area contributed by atoms with Gasteiger partial charge >= 0.3 is 0 Å². The molecule has 13 heavy (non-hydrogen) atoms. The Morgan fingerprint density at radius 3 is 2.92 bits per heavy atom. The summed E-state index contributed by atoms with van der Waals surface area (Å²) in [6.07, 6.45) is 12.0. The summed E-state index contributed by atoms with van der Waals surface area (Å²) in [5, 5.41) is 0. The van der Waals surface area contributed by atoms with E-state index >= 15 is 0 Å². The monoisotopic (exact) mass is 176 g/mol. The van der Waals surface area contributed by atoms with Crippen LogP contribution in [-0.2, 0) is 4.74 Å². The van der Waals surface area contributed by atoms with Crippen molar-refractivity contribution in [2.24, 2.45) is 0 Å². The summed E-state index contributed by atoms with van der Waals surface area (Å²) >= 11 is 0. The molecule has 1 heteroatoms. The molecule has 0 bridgehead atoms. The number of hydrogen-bond donors (Lipinski definition) is 0. The summed E-state index contributed by atoms with van der Waals surface area (Å²) in [6, 6.07) is 0. The first kappa shape index (κ1) is 9.85. The summed E-state index contributed by atoms with van der Waals surface area (Å²) in [4.78, 5) is 0. The Hall–Kier alpha value is -1.24. The second-order valence-electron chi connectivity index (χ2n) is 2.94. The first-order valence-corrected chi connectivity index (χ1v) is 4.66. The third-order valence-corrected chi connectivity index (χ3v) is 1.92. The molecule has 1 saturated heterocycles. The molecule has 0 atom stereocenters. The fourth-order valence-electron chi connectivity index (χ4n) is 1.31. The maximum absolute atomic E-state index is 5.54. The largest absolute Gasteiger partial charge is 0.493 e. The molecule has 0 aliphatic carbocycles. The van der Waals surface area contributed by atoms with E-state index in [9.17, 15) is 0 Å². The average Bonchev–Trinajstić information content (AvgIpc) is 2.17. The van der Waals surface area contributed by atoms with Gasteiger partial charge in [-0.15, -0.1) is 0 Å². The van der Waals surface area contributed by atoms with Crippen LogP contribution in [0.1, 0.15) is 19.8 Å². The Kier molecular flexibility index (Phi) is 4.10. The van der Waals surface area contributed by atoms with Crippen molar-refractivity contribution < 1.29 is 4.74 Å². The predicted molar refractivity (Wildman–Crippen MR) is 56.4 cm³/mol. The number of rotatable bonds is 2. The van der Waals surface area contributed by atoms with Crippen molar-refractivity contribution in [1.82, 2.24) is 0 Å². The molecule has 0 aromatic rings. The molecule has 1 fully saturated rings. The molecular weight excluding hydrogens is 160 g/mol. The summed E-state index contributed by atoms with van der Waals surface area (Å²) in [6.45, 7) is 6.52. The number of hydrogen-bond acceptors (Lipinski definition) is 1. The van der Waals surface area contributed by atoms with Gasteiger partial charge in [-0.25, -0.2) is 0 Å². The topological polar surface area (TPSA) is 9.23 Å². The van der Waals surface area contributed by atoms with Crippen molar-refractivity contribution in [3.05, 3.63) is 48.3 Å². The van der Waals surface area contributed by atoms with E-state index in [2.05, 4.69) is 6.58 Å². The van der Waals surface area contributed by atoms with E-state index in [1.165, 1.54) is 5.57 Å². The van der Waals surface area contributed by atoms with E-state index in [0.29, 0.717) is 0 Å². The summed E-state index contributed by atoms with van der Waals surface area (Å²) in [7, 11) is 0. The van der Waals surface area contributed by atoms with Crippen LogP contribution in [0.5, 0.6) is 0 Å². The highest BCUT2D eigenvalue weighted by Gasteiger charge is 2.10. The van der Waals surface area contributed by atoms with Gasteiger partial charge in [0.25, 0.3) is 0 Å². The van der Waals surface area contributed by atoms with Gasteiger partial charge in [-0.3, -0.25) is 0 Å². The smallest absolute Gasteiger partial charge is 0.122 e. The van der Waals surface area contributed by atoms with Gasteiger partial charge in [0, 0.05) is 0 Å². The standard InChI is InChI=1S/C12H16O/c1-3-5-9-12-11(7-4-2)8-6-10-13-12/h3-5,7,9H,2,6,8,10H2,1H3/b5-3-,11-7-,12-9+. The van der Waals surface area contributed by atoms with Crippen molar-refractivity contribution in [2.45, 2.75) is 19.8 Å². The third-order valence-electron chi connectivity index (χ3n) is 1.92. The van der Waals surface area contributed by atoms with E-state index in [1.807, 2.05) is 37.3 Å². The lowest BCUT2D eigenvalue weighted by Crippen LogP contribution is -2.05. The van der Waals surface area contributed by atoms with Gasteiger partial charge in [0.05, 0.1) is 6.61 Å². The Bertz CT molecular complexity index is 256. The Labute approximate surface area is 80.1 Å². The highest BCUT2D eigenvalue weighted by Crippen LogP contribution is 2.23. The lowest BCUT2D eigenvalue weighted by atomic mass is 10.1. The number of allylic oxidation sites excluding steroid dienone is 6. The SMILES string of the molecule is C=C/C=C1/CCCO/C1=C/C=C\C. The molecule has 0 aromatic heterocycles. The quantitative estimate of drug-likeness (QED) is 0.626. The zero-order valence-corrected chi connectivity index (χ0v) is 8.12. The lowest BCUT2D eigenvalue weighted by molar-refractivity contribution is 0.194. The van der Waals surface area contributed by atoms with Gasteiger partial charge in [-0.2, -0.15) is 0 Å². The molecule has 1 rings (SSSR count). The minimum atomic E-state index is 0.831. The summed E-state index contributed by atoms with van der Waals surface area (Å²) in [5.41, 5.74) is 1.25. The lowest BCUT2D eigenvalue weighted by Gasteiger charge is -2.18. The van der Waals surface area contributed by atoms with Gasteiger partial charge in [-0.1, -0.05) is 30.9 Å². The molecule has 0 spiro atoms. The van der Waals surface area contributed by atoms with Gasteiger partial charge in [-0.05, 0) is 31.4 Å². The zero-order chi connectivity index (χ0) is 9.52. The van der Waals surface area contributed by atoms with Crippen LogP contribution in [0.25, 0.3) is 0 Å². The van der Waals surface area contributed by atoms with Gasteiger partial charge in [0.2, 0.25) is 0 Å². The Balaban J connectivity index is 2.78. The van der Waals surface area contributed by atoms with Crippen molar-refractivity contribution in [2.75, 3.05) is 6.61 Å². The van der Waals surface area contributed by atoms with Crippen LogP contribution in [0.2, 0.25) is 0 Å². The van der Waals surface area contributed by atoms with Crippen LogP contribution >= 0.6 is 0 Å². The van der Waals surface area contributed by atoms with Crippen LogP contribution in [0.3, 0.4) is 0 Å². The molecule has 0 amide bonds. The van der Waals surface area contributed by atoms with Crippen LogP contribution in [-0.4, -0.2) is 6.61 Å². The van der Waals surface area contributed by atoms with Crippen molar-refractivity contribution in [1.29, 1.82) is 0 Å². The first-order chi connectivity index (χ1) is 6.38. The maximum atomic E-state index is 5.54. The molecule has 1 aliphatic heterocycles. The molecule has 70 valence electrons. The van der Waals surface area contributed by atoms with Crippen LogP contribution in [0.15, 0.2) is 48.3 Å². The third kappa shape index (κ3) is 2.94. The highest BCUT2D eigenvalue weighted by molar-refractivity contribution is 5.32. The maximum Gasteiger partial charge on any atom is 0.122 e. The normalized spacial score (nSPS) is 23.8. The predicted octanol–water partition coefficient (Wildman–Crippen LogP) is 3.37. The van der Waals surface area contributed by atoms with E-state index < -0.39 is 0 Å². The molecule has 0 radical (unpaired) electrons. The van der Waals surface area contributed by atoms with Crippen LogP contribution in [0, 0.1) is 0 Å². The van der Waals surface area contributed by atoms with Crippen LogP contribution < -0.4 is 0 Å². The minimum Gasteiger partial charge on any atom is -0.493 e. The van der Waals surface area contributed by atoms with E-state index in [-0.39, 0.29) is 0 Å². The molecule has 0 unspecified atom stereocenters. The Morgan fingerprint density at radius 1 is 1.38 bits per heavy atom. The highest BCUT2D eigenvalue weighted by atomic mass is 16.5. The molecule has 0 saturated carbocycles. The molecule has 0 aromatic carbocycles. The average molecular weight is 176 g/mol. The van der Waals surface area contributed by atoms with Crippen molar-refractivity contribution in [3.63, 3.8) is 0 Å². The number of ether oxygens (including phenoxy) is 1. The van der Waals surface area contributed by atoms with Gasteiger partial charge in [0.15, 0.2) is 0 Å². The summed E-state index contributed by atoms with van der Waals surface area (Å²) in [5.74, 6) is 0.990. The molecular formula is C12H16O. The molecule has 1 heterocycles. The van der Waals surface area contributed by atoms with Crippen LogP contribution in [0.4, 0.5) is 0 Å². The van der Waals surface area contributed by atoms with E-state index in [4.69, 9.17) is 4.74 Å². The first-order valence-electron chi connectivity index (χ1n) is 4.66. The van der Waals surface area contributed by atoms with E-state index in [1.54, 1.807) is 0 Å². The zero-order valence-electron chi connectivity index (χ0n) is 8.12.